The van der Waals surface area contributed by atoms with E-state index in [2.05, 4.69) is 42.9 Å². The van der Waals surface area contributed by atoms with E-state index < -0.39 is 8.80 Å². The van der Waals surface area contributed by atoms with Gasteiger partial charge in [0.25, 0.3) is 0 Å². The first-order valence-corrected chi connectivity index (χ1v) is 10.2. The first-order valence-electron chi connectivity index (χ1n) is 5.84. The van der Waals surface area contributed by atoms with Gasteiger partial charge in [-0.25, -0.2) is 0 Å². The van der Waals surface area contributed by atoms with Gasteiger partial charge in [-0.1, -0.05) is 54.5 Å². The van der Waals surface area contributed by atoms with Gasteiger partial charge < -0.3 is 4.74 Å². The van der Waals surface area contributed by atoms with E-state index in [1.54, 1.807) is 0 Å². The van der Waals surface area contributed by atoms with E-state index in [1.807, 2.05) is 18.2 Å². The van der Waals surface area contributed by atoms with Crippen molar-refractivity contribution in [1.29, 1.82) is 0 Å². The highest BCUT2D eigenvalue weighted by Gasteiger charge is 2.24. The van der Waals surface area contributed by atoms with Gasteiger partial charge >= 0.3 is 0 Å². The quantitative estimate of drug-likeness (QED) is 0.550. The summed E-state index contributed by atoms with van der Waals surface area (Å²) in [7, 11) is -0.718. The van der Waals surface area contributed by atoms with Gasteiger partial charge in [0.05, 0.1) is 6.61 Å². The van der Waals surface area contributed by atoms with E-state index in [0.29, 0.717) is 5.04 Å². The van der Waals surface area contributed by atoms with Crippen LogP contribution in [0.3, 0.4) is 0 Å². The molecular formula is C13H20BrClOSi. The molecule has 0 heterocycles. The molecule has 0 saturated carbocycles. The van der Waals surface area contributed by atoms with E-state index in [4.69, 9.17) is 16.3 Å². The Morgan fingerprint density at radius 1 is 1.35 bits per heavy atom. The Hall–Kier alpha value is 0.00688. The van der Waals surface area contributed by atoms with Gasteiger partial charge in [-0.2, -0.15) is 0 Å². The topological polar surface area (TPSA) is 9.23 Å². The lowest BCUT2D eigenvalue weighted by atomic mass is 10.2. The molecule has 1 nitrogen and oxygen atoms in total. The summed E-state index contributed by atoms with van der Waals surface area (Å²) in [6.07, 6.45) is 0. The van der Waals surface area contributed by atoms with Gasteiger partial charge in [0, 0.05) is 24.7 Å². The second kappa shape index (κ2) is 6.25. The fraction of sp³-hybridized carbons (Fsp3) is 0.538. The predicted molar refractivity (Wildman–Crippen MR) is 82.5 cm³/mol. The van der Waals surface area contributed by atoms with Crippen LogP contribution in [0, 0.1) is 0 Å². The number of ether oxygens (including phenoxy) is 1. The highest BCUT2D eigenvalue weighted by atomic mass is 79.9. The minimum Gasteiger partial charge on any atom is -0.493 e. The fourth-order valence-corrected chi connectivity index (χ4v) is 2.27. The monoisotopic (exact) mass is 334 g/mol. The van der Waals surface area contributed by atoms with Crippen LogP contribution < -0.4 is 4.74 Å². The van der Waals surface area contributed by atoms with Crippen molar-refractivity contribution in [3.8, 4) is 5.75 Å². The van der Waals surface area contributed by atoms with Crippen LogP contribution in [-0.2, 0) is 5.33 Å². The van der Waals surface area contributed by atoms with Gasteiger partial charge in [0.15, 0.2) is 0 Å². The van der Waals surface area contributed by atoms with E-state index in [0.717, 1.165) is 28.3 Å². The van der Waals surface area contributed by atoms with Crippen molar-refractivity contribution in [1.82, 2.24) is 0 Å². The molecule has 1 rings (SSSR count). The van der Waals surface area contributed by atoms with Gasteiger partial charge in [0.2, 0.25) is 0 Å². The van der Waals surface area contributed by atoms with Gasteiger partial charge in [-0.3, -0.25) is 0 Å². The molecule has 0 atom stereocenters. The van der Waals surface area contributed by atoms with Crippen molar-refractivity contribution in [3.05, 3.63) is 28.8 Å². The Bertz CT molecular complexity index is 380. The second-order valence-corrected chi connectivity index (χ2v) is 10.2. The lowest BCUT2D eigenvalue weighted by Gasteiger charge is -2.28. The molecule has 96 valence electrons. The zero-order valence-electron chi connectivity index (χ0n) is 10.9. The van der Waals surface area contributed by atoms with E-state index in [1.165, 1.54) is 0 Å². The Kier molecular flexibility index (Phi) is 5.54. The second-order valence-electron chi connectivity index (χ2n) is 5.32. The number of benzene rings is 1. The minimum atomic E-state index is -0.718. The minimum absolute atomic E-state index is 0.309. The molecule has 0 aliphatic carbocycles. The zero-order valence-corrected chi connectivity index (χ0v) is 14.4. The van der Waals surface area contributed by atoms with Crippen LogP contribution in [0.15, 0.2) is 18.2 Å². The predicted octanol–water partition coefficient (Wildman–Crippen LogP) is 4.88. The summed E-state index contributed by atoms with van der Waals surface area (Å²) in [4.78, 5) is 0. The molecule has 0 unspecified atom stereocenters. The van der Waals surface area contributed by atoms with Crippen LogP contribution in [-0.4, -0.2) is 15.4 Å². The normalized spacial score (nSPS) is 11.9. The molecule has 0 radical (unpaired) electrons. The van der Waals surface area contributed by atoms with Gasteiger partial charge in [-0.05, 0) is 23.2 Å². The van der Waals surface area contributed by atoms with Crippen LogP contribution >= 0.6 is 27.5 Å². The number of rotatable bonds is 5. The molecule has 0 spiro atoms. The summed E-state index contributed by atoms with van der Waals surface area (Å²) in [5.74, 6) is 0.939. The van der Waals surface area contributed by atoms with Crippen LogP contribution in [0.4, 0.5) is 0 Å². The molecule has 0 aliphatic rings. The molecular weight excluding hydrogens is 316 g/mol. The van der Waals surface area contributed by atoms with Crippen molar-refractivity contribution < 1.29 is 4.74 Å². The Morgan fingerprint density at radius 3 is 2.53 bits per heavy atom. The molecule has 0 aliphatic heterocycles. The van der Waals surface area contributed by atoms with Crippen molar-refractivity contribution >= 4 is 36.3 Å². The van der Waals surface area contributed by atoms with E-state index >= 15 is 0 Å². The molecule has 0 amide bonds. The first-order chi connectivity index (χ1) is 7.86. The Balaban J connectivity index is 2.76. The number of alkyl halides is 1. The Morgan fingerprint density at radius 2 is 2.00 bits per heavy atom. The maximum atomic E-state index is 5.97. The van der Waals surface area contributed by atoms with Crippen molar-refractivity contribution in [2.75, 3.05) is 6.61 Å². The van der Waals surface area contributed by atoms with Crippen LogP contribution in [0.25, 0.3) is 0 Å². The maximum Gasteiger partial charge on any atom is 0.123 e. The molecule has 1 aromatic rings. The molecule has 0 bridgehead atoms. The highest BCUT2D eigenvalue weighted by Crippen LogP contribution is 2.31. The van der Waals surface area contributed by atoms with Crippen LogP contribution in [0.2, 0.25) is 23.2 Å². The Labute approximate surface area is 119 Å². The standard InChI is InChI=1S/C13H20BrClOSi/c1-13(2,17(3)4)9-16-12-6-5-11(15)7-10(12)8-14/h5-7,17H,8-9H2,1-4H3. The molecule has 0 aromatic heterocycles. The largest absolute Gasteiger partial charge is 0.493 e. The van der Waals surface area contributed by atoms with Crippen molar-refractivity contribution in [2.24, 2.45) is 0 Å². The fourth-order valence-electron chi connectivity index (χ4n) is 1.22. The molecule has 4 heteroatoms. The smallest absolute Gasteiger partial charge is 0.123 e. The maximum absolute atomic E-state index is 5.97. The van der Waals surface area contributed by atoms with E-state index in [9.17, 15) is 0 Å². The summed E-state index contributed by atoms with van der Waals surface area (Å²) in [5, 5.41) is 1.83. The van der Waals surface area contributed by atoms with Crippen molar-refractivity contribution in [3.63, 3.8) is 0 Å². The van der Waals surface area contributed by atoms with Gasteiger partial charge in [0.1, 0.15) is 5.75 Å². The highest BCUT2D eigenvalue weighted by molar-refractivity contribution is 9.08. The third kappa shape index (κ3) is 4.31. The number of hydrogen-bond donors (Lipinski definition) is 0. The SMILES string of the molecule is C[SiH](C)C(C)(C)COc1ccc(Cl)cc1CBr. The molecule has 1 aromatic carbocycles. The lowest BCUT2D eigenvalue weighted by Crippen LogP contribution is -2.27. The molecule has 17 heavy (non-hydrogen) atoms. The third-order valence-electron chi connectivity index (χ3n) is 3.33. The van der Waals surface area contributed by atoms with Gasteiger partial charge in [-0.15, -0.1) is 0 Å². The summed E-state index contributed by atoms with van der Waals surface area (Å²) >= 11 is 9.43. The molecule has 0 saturated heterocycles. The molecule has 0 N–H and O–H groups in total. The average Bonchev–Trinajstić information content (AvgIpc) is 2.27. The van der Waals surface area contributed by atoms with Crippen LogP contribution in [0.1, 0.15) is 19.4 Å². The lowest BCUT2D eigenvalue weighted by molar-refractivity contribution is 0.274. The summed E-state index contributed by atoms with van der Waals surface area (Å²) in [6.45, 7) is 10.1. The van der Waals surface area contributed by atoms with Crippen molar-refractivity contribution in [2.45, 2.75) is 37.3 Å². The number of halogens is 2. The number of hydrogen-bond acceptors (Lipinski definition) is 1. The summed E-state index contributed by atoms with van der Waals surface area (Å²) in [6, 6.07) is 5.78. The average molecular weight is 336 g/mol. The van der Waals surface area contributed by atoms with Crippen LogP contribution in [0.5, 0.6) is 5.75 Å². The molecule has 0 fully saturated rings. The van der Waals surface area contributed by atoms with E-state index in [-0.39, 0.29) is 0 Å². The zero-order chi connectivity index (χ0) is 13.1. The first kappa shape index (κ1) is 15.1. The summed E-state index contributed by atoms with van der Waals surface area (Å²) in [5.41, 5.74) is 1.11. The third-order valence-corrected chi connectivity index (χ3v) is 7.46. The summed E-state index contributed by atoms with van der Waals surface area (Å²) < 4.78 is 5.96.